The normalized spacial score (nSPS) is 34.4. The maximum absolute atomic E-state index is 10.5. The SMILES string of the molecule is COc1ccc2c3c1O[C@H]1[C@@H](O)CC=C[C@@]31CC[N+](C)(C)C2. The van der Waals surface area contributed by atoms with E-state index in [4.69, 9.17) is 9.47 Å². The minimum absolute atomic E-state index is 0.194. The highest BCUT2D eigenvalue weighted by Gasteiger charge is 2.56. The van der Waals surface area contributed by atoms with E-state index in [1.165, 1.54) is 11.1 Å². The van der Waals surface area contributed by atoms with E-state index in [1.807, 2.05) is 6.07 Å². The second-order valence-corrected chi connectivity index (χ2v) is 7.48. The van der Waals surface area contributed by atoms with Crippen LogP contribution in [-0.4, -0.2) is 49.5 Å². The Morgan fingerprint density at radius 3 is 2.95 bits per heavy atom. The zero-order valence-electron chi connectivity index (χ0n) is 13.5. The van der Waals surface area contributed by atoms with Gasteiger partial charge in [-0.2, -0.15) is 0 Å². The van der Waals surface area contributed by atoms with Gasteiger partial charge in [-0.1, -0.05) is 12.2 Å². The molecule has 0 aromatic heterocycles. The van der Waals surface area contributed by atoms with Gasteiger partial charge in [0.15, 0.2) is 11.5 Å². The minimum Gasteiger partial charge on any atom is -0.493 e. The summed E-state index contributed by atoms with van der Waals surface area (Å²) in [4.78, 5) is 0. The van der Waals surface area contributed by atoms with Crippen molar-refractivity contribution in [2.75, 3.05) is 27.7 Å². The summed E-state index contributed by atoms with van der Waals surface area (Å²) in [6.45, 7) is 2.04. The summed E-state index contributed by atoms with van der Waals surface area (Å²) >= 11 is 0. The van der Waals surface area contributed by atoms with Gasteiger partial charge in [0, 0.05) is 17.5 Å². The van der Waals surface area contributed by atoms with Crippen LogP contribution in [0.15, 0.2) is 24.3 Å². The second-order valence-electron chi connectivity index (χ2n) is 7.48. The van der Waals surface area contributed by atoms with Gasteiger partial charge in [0.2, 0.25) is 0 Å². The van der Waals surface area contributed by atoms with E-state index in [-0.39, 0.29) is 11.5 Å². The van der Waals surface area contributed by atoms with Crippen LogP contribution in [0.4, 0.5) is 0 Å². The number of hydrogen-bond acceptors (Lipinski definition) is 3. The first-order chi connectivity index (χ1) is 10.5. The fraction of sp³-hybridized carbons (Fsp3) is 0.556. The van der Waals surface area contributed by atoms with E-state index < -0.39 is 6.10 Å². The summed E-state index contributed by atoms with van der Waals surface area (Å²) in [7, 11) is 6.22. The van der Waals surface area contributed by atoms with Gasteiger partial charge in [0.25, 0.3) is 0 Å². The van der Waals surface area contributed by atoms with Crippen molar-refractivity contribution in [2.45, 2.75) is 37.0 Å². The highest BCUT2D eigenvalue weighted by molar-refractivity contribution is 5.60. The molecule has 0 amide bonds. The maximum Gasteiger partial charge on any atom is 0.166 e. The molecule has 4 nitrogen and oxygen atoms in total. The molecule has 1 aromatic rings. The smallest absolute Gasteiger partial charge is 0.166 e. The van der Waals surface area contributed by atoms with Crippen LogP contribution in [-0.2, 0) is 12.0 Å². The van der Waals surface area contributed by atoms with Gasteiger partial charge < -0.3 is 19.1 Å². The molecule has 2 heterocycles. The van der Waals surface area contributed by atoms with Crippen molar-refractivity contribution in [3.05, 3.63) is 35.4 Å². The molecule has 1 aliphatic carbocycles. The van der Waals surface area contributed by atoms with Crippen molar-refractivity contribution in [1.82, 2.24) is 0 Å². The Labute approximate surface area is 131 Å². The van der Waals surface area contributed by atoms with Gasteiger partial charge in [-0.3, -0.25) is 0 Å². The minimum atomic E-state index is -0.455. The molecule has 0 saturated carbocycles. The van der Waals surface area contributed by atoms with Crippen LogP contribution in [0.5, 0.6) is 11.5 Å². The Balaban J connectivity index is 1.98. The molecule has 4 rings (SSSR count). The topological polar surface area (TPSA) is 38.7 Å². The Bertz CT molecular complexity index is 652. The van der Waals surface area contributed by atoms with E-state index in [1.54, 1.807) is 7.11 Å². The quantitative estimate of drug-likeness (QED) is 0.637. The lowest BCUT2D eigenvalue weighted by atomic mass is 9.68. The predicted octanol–water partition coefficient (Wildman–Crippen LogP) is 1.99. The highest BCUT2D eigenvalue weighted by Crippen LogP contribution is 2.56. The lowest BCUT2D eigenvalue weighted by molar-refractivity contribution is -0.903. The molecule has 0 radical (unpaired) electrons. The van der Waals surface area contributed by atoms with Crippen molar-refractivity contribution >= 4 is 0 Å². The highest BCUT2D eigenvalue weighted by atomic mass is 16.5. The first-order valence-corrected chi connectivity index (χ1v) is 8.02. The third-order valence-corrected chi connectivity index (χ3v) is 5.52. The van der Waals surface area contributed by atoms with Crippen LogP contribution in [0.1, 0.15) is 24.0 Å². The zero-order chi connectivity index (χ0) is 15.5. The van der Waals surface area contributed by atoms with E-state index in [2.05, 4.69) is 32.3 Å². The number of benzene rings is 1. The number of methoxy groups -OCH3 is 1. The molecule has 3 atom stereocenters. The van der Waals surface area contributed by atoms with Crippen LogP contribution in [0.2, 0.25) is 0 Å². The van der Waals surface area contributed by atoms with Crippen LogP contribution in [0, 0.1) is 0 Å². The van der Waals surface area contributed by atoms with Crippen LogP contribution < -0.4 is 9.47 Å². The summed E-state index contributed by atoms with van der Waals surface area (Å²) < 4.78 is 12.7. The first kappa shape index (κ1) is 14.1. The average molecular weight is 302 g/mol. The molecule has 1 N–H and O–H groups in total. The molecule has 4 heteroatoms. The number of ether oxygens (including phenoxy) is 2. The van der Waals surface area contributed by atoms with E-state index in [0.29, 0.717) is 6.42 Å². The van der Waals surface area contributed by atoms with E-state index >= 15 is 0 Å². The lowest BCUT2D eigenvalue weighted by Crippen LogP contribution is -2.48. The summed E-state index contributed by atoms with van der Waals surface area (Å²) in [5.74, 6) is 1.62. The maximum atomic E-state index is 10.5. The lowest BCUT2D eigenvalue weighted by Gasteiger charge is -2.37. The summed E-state index contributed by atoms with van der Waals surface area (Å²) in [5.41, 5.74) is 2.36. The molecule has 1 spiro atoms. The predicted molar refractivity (Wildman–Crippen MR) is 84.1 cm³/mol. The van der Waals surface area contributed by atoms with Crippen molar-refractivity contribution in [3.63, 3.8) is 0 Å². The molecule has 0 bridgehead atoms. The monoisotopic (exact) mass is 302 g/mol. The molecule has 2 aliphatic heterocycles. The Morgan fingerprint density at radius 2 is 2.18 bits per heavy atom. The van der Waals surface area contributed by atoms with Gasteiger partial charge in [0.05, 0.1) is 39.3 Å². The van der Waals surface area contributed by atoms with Crippen LogP contribution >= 0.6 is 0 Å². The van der Waals surface area contributed by atoms with Crippen molar-refractivity contribution < 1.29 is 19.1 Å². The number of aliphatic hydroxyl groups excluding tert-OH is 1. The second kappa shape index (κ2) is 4.49. The molecule has 1 aromatic carbocycles. The van der Waals surface area contributed by atoms with Gasteiger partial charge >= 0.3 is 0 Å². The number of hydrogen-bond donors (Lipinski definition) is 1. The third kappa shape index (κ3) is 1.77. The summed E-state index contributed by atoms with van der Waals surface area (Å²) in [6.07, 6.45) is 5.41. The molecular weight excluding hydrogens is 278 g/mol. The fourth-order valence-electron chi connectivity index (χ4n) is 4.42. The van der Waals surface area contributed by atoms with Gasteiger partial charge in [0.1, 0.15) is 12.6 Å². The van der Waals surface area contributed by atoms with E-state index in [0.717, 1.165) is 35.5 Å². The average Bonchev–Trinajstić information content (AvgIpc) is 2.78. The van der Waals surface area contributed by atoms with Crippen LogP contribution in [0.3, 0.4) is 0 Å². The van der Waals surface area contributed by atoms with Gasteiger partial charge in [-0.05, 0) is 18.6 Å². The molecule has 3 aliphatic rings. The molecule has 118 valence electrons. The number of nitrogens with zero attached hydrogens (tertiary/aromatic N) is 1. The Morgan fingerprint density at radius 1 is 1.36 bits per heavy atom. The molecule has 0 fully saturated rings. The number of aliphatic hydroxyl groups is 1. The third-order valence-electron chi connectivity index (χ3n) is 5.52. The Hall–Kier alpha value is -1.52. The summed E-state index contributed by atoms with van der Waals surface area (Å²) in [5, 5.41) is 10.5. The van der Waals surface area contributed by atoms with Gasteiger partial charge in [-0.15, -0.1) is 0 Å². The van der Waals surface area contributed by atoms with Crippen molar-refractivity contribution in [1.29, 1.82) is 0 Å². The Kier molecular flexibility index (Phi) is 2.88. The summed E-state index contributed by atoms with van der Waals surface area (Å²) in [6, 6.07) is 4.17. The standard InChI is InChI=1S/C18H24NO3/c1-19(2)10-9-18-8-4-5-13(20)17(18)22-16-14(21-3)7-6-12(11-19)15(16)18/h4,6-8,13,17,20H,5,9-11H2,1-3H3/q+1/t13-,17-,18+/m0/s1. The zero-order valence-corrected chi connectivity index (χ0v) is 13.5. The van der Waals surface area contributed by atoms with E-state index in [9.17, 15) is 5.11 Å². The van der Waals surface area contributed by atoms with Gasteiger partial charge in [-0.25, -0.2) is 0 Å². The molecular formula is C18H24NO3+. The first-order valence-electron chi connectivity index (χ1n) is 8.02. The number of quaternary nitrogens is 1. The van der Waals surface area contributed by atoms with Crippen LogP contribution in [0.25, 0.3) is 0 Å². The van der Waals surface area contributed by atoms with Crippen molar-refractivity contribution in [2.24, 2.45) is 0 Å². The number of rotatable bonds is 1. The van der Waals surface area contributed by atoms with Crippen molar-refractivity contribution in [3.8, 4) is 11.5 Å². The molecule has 22 heavy (non-hydrogen) atoms. The molecule has 0 saturated heterocycles. The largest absolute Gasteiger partial charge is 0.493 e. The molecule has 0 unspecified atom stereocenters. The fourth-order valence-corrected chi connectivity index (χ4v) is 4.42.